The van der Waals surface area contributed by atoms with Gasteiger partial charge in [0, 0.05) is 30.7 Å². The number of phenolic OH excluding ortho intramolecular Hbond substituents is 1. The maximum absolute atomic E-state index is 14.0. The molecule has 6 atom stereocenters. The molecule has 1 saturated carbocycles. The quantitative estimate of drug-likeness (QED) is 0.184. The second-order valence-electron chi connectivity index (χ2n) is 10.7. The molecule has 2 heterocycles. The number of imide groups is 2. The van der Waals surface area contributed by atoms with Gasteiger partial charge in [-0.1, -0.05) is 17.7 Å². The van der Waals surface area contributed by atoms with E-state index in [1.54, 1.807) is 18.2 Å². The number of anilines is 1. The highest BCUT2D eigenvalue weighted by molar-refractivity contribution is 6.53. The van der Waals surface area contributed by atoms with Crippen LogP contribution in [0.5, 0.6) is 11.5 Å². The average molecular weight is 600 g/mol. The lowest BCUT2D eigenvalue weighted by atomic mass is 9.56. The number of nitro benzene ring substituents is 1. The fourth-order valence-corrected chi connectivity index (χ4v) is 8.04. The third-order valence-electron chi connectivity index (χ3n) is 8.88. The van der Waals surface area contributed by atoms with E-state index in [0.717, 1.165) is 9.80 Å². The number of rotatable bonds is 4. The molecule has 4 aliphatic rings. The molecule has 0 bridgehead atoms. The first-order chi connectivity index (χ1) is 19.4. The number of hydrogen-bond acceptors (Lipinski definition) is 8. The zero-order valence-electron chi connectivity index (χ0n) is 21.7. The normalized spacial score (nSPS) is 32.4. The lowest BCUT2D eigenvalue weighted by Gasteiger charge is -2.50. The number of aromatic hydroxyl groups is 1. The van der Waals surface area contributed by atoms with Gasteiger partial charge < -0.3 is 9.84 Å². The van der Waals surface area contributed by atoms with E-state index < -0.39 is 62.0 Å². The second kappa shape index (κ2) is 9.02. The molecule has 11 nitrogen and oxygen atoms in total. The molecule has 3 fully saturated rings. The number of hydrogen-bond donors (Lipinski definition) is 1. The van der Waals surface area contributed by atoms with E-state index in [1.807, 2.05) is 0 Å². The van der Waals surface area contributed by atoms with Crippen LogP contribution in [0, 0.1) is 27.9 Å². The van der Waals surface area contributed by atoms with Gasteiger partial charge >= 0.3 is 0 Å². The van der Waals surface area contributed by atoms with Crippen molar-refractivity contribution in [3.63, 3.8) is 0 Å². The zero-order valence-corrected chi connectivity index (χ0v) is 23.3. The predicted molar refractivity (Wildman–Crippen MR) is 146 cm³/mol. The van der Waals surface area contributed by atoms with Gasteiger partial charge in [0.25, 0.3) is 17.5 Å². The third-order valence-corrected chi connectivity index (χ3v) is 10.3. The summed E-state index contributed by atoms with van der Waals surface area (Å²) in [6.07, 6.45) is 1.65. The highest BCUT2D eigenvalue weighted by Gasteiger charge is 2.76. The van der Waals surface area contributed by atoms with E-state index in [4.69, 9.17) is 27.9 Å². The summed E-state index contributed by atoms with van der Waals surface area (Å²) in [6, 6.07) is 9.59. The molecule has 0 radical (unpaired) electrons. The van der Waals surface area contributed by atoms with Crippen LogP contribution in [0.4, 0.5) is 11.4 Å². The first kappa shape index (κ1) is 27.2. The number of likely N-dealkylation sites (tertiary alicyclic amines) is 1. The van der Waals surface area contributed by atoms with Crippen LogP contribution < -0.4 is 9.64 Å². The Morgan fingerprint density at radius 3 is 2.34 bits per heavy atom. The number of amides is 4. The number of methoxy groups -OCH3 is 1. The third kappa shape index (κ3) is 3.39. The fourth-order valence-electron chi connectivity index (χ4n) is 7.04. The van der Waals surface area contributed by atoms with Crippen molar-refractivity contribution in [1.82, 2.24) is 4.90 Å². The van der Waals surface area contributed by atoms with Crippen LogP contribution in [0.1, 0.15) is 24.3 Å². The lowest BCUT2D eigenvalue weighted by Crippen LogP contribution is -2.60. The Bertz CT molecular complexity index is 1590. The molecule has 2 aliphatic carbocycles. The molecular formula is C28H23Cl2N3O8. The summed E-state index contributed by atoms with van der Waals surface area (Å²) in [5.41, 5.74) is 0.623. The minimum atomic E-state index is -2.06. The molecule has 2 aromatic rings. The van der Waals surface area contributed by atoms with Crippen molar-refractivity contribution >= 4 is 58.2 Å². The fraction of sp³-hybridized carbons (Fsp3) is 0.357. The molecular weight excluding hydrogens is 577 g/mol. The number of carbonyl (C=O) groups excluding carboxylic acids is 4. The number of carbonyl (C=O) groups is 4. The van der Waals surface area contributed by atoms with Crippen molar-refractivity contribution in [3.05, 3.63) is 69.8 Å². The number of non-ortho nitro benzene ring substituents is 1. The largest absolute Gasteiger partial charge is 0.508 e. The molecule has 6 rings (SSSR count). The highest BCUT2D eigenvalue weighted by atomic mass is 35.5. The molecule has 2 saturated heterocycles. The van der Waals surface area contributed by atoms with Crippen molar-refractivity contribution in [2.45, 2.75) is 28.5 Å². The van der Waals surface area contributed by atoms with Crippen molar-refractivity contribution in [2.24, 2.45) is 17.8 Å². The van der Waals surface area contributed by atoms with Crippen LogP contribution >= 0.6 is 23.2 Å². The molecule has 4 amide bonds. The maximum Gasteiger partial charge on any atom is 0.269 e. The Hall–Kier alpha value is -3.96. The lowest BCUT2D eigenvalue weighted by molar-refractivity contribution is -0.384. The Labute approximate surface area is 243 Å². The predicted octanol–water partition coefficient (Wildman–Crippen LogP) is 3.50. The summed E-state index contributed by atoms with van der Waals surface area (Å²) < 4.78 is 5.52. The molecule has 0 unspecified atom stereocenters. The van der Waals surface area contributed by atoms with Crippen molar-refractivity contribution < 1.29 is 33.9 Å². The molecule has 2 aromatic carbocycles. The highest BCUT2D eigenvalue weighted by Crippen LogP contribution is 2.66. The van der Waals surface area contributed by atoms with E-state index >= 15 is 0 Å². The van der Waals surface area contributed by atoms with Crippen LogP contribution in [-0.4, -0.2) is 62.5 Å². The molecule has 212 valence electrons. The van der Waals surface area contributed by atoms with E-state index in [2.05, 4.69) is 0 Å². The Kier molecular flexibility index (Phi) is 5.99. The standard InChI is InChI=1S/C28H23Cl2N3O8/c1-31-25(37)27(29)12-17-15(22(28(27,30)26(31)38)21-18(34)4-3-5-19(21)41-2)10-11-16-20(17)24(36)32(23(16)35)13-6-8-14(9-7-13)33(39)40/h3-10,16-17,20,22,34H,11-12H2,1-2H3/t16-,17+,20-,22+,27+,28-/m0/s1. The van der Waals surface area contributed by atoms with Gasteiger partial charge in [-0.3, -0.25) is 39.1 Å². The summed E-state index contributed by atoms with van der Waals surface area (Å²) in [7, 11) is 2.66. The number of allylic oxidation sites excluding steroid dienone is 2. The van der Waals surface area contributed by atoms with Crippen molar-refractivity contribution in [3.8, 4) is 11.5 Å². The Balaban J connectivity index is 1.51. The minimum absolute atomic E-state index is 0.122. The van der Waals surface area contributed by atoms with E-state index in [9.17, 15) is 34.4 Å². The van der Waals surface area contributed by atoms with Crippen LogP contribution in [0.3, 0.4) is 0 Å². The van der Waals surface area contributed by atoms with Gasteiger partial charge in [0.2, 0.25) is 11.8 Å². The molecule has 1 N–H and O–H groups in total. The number of fused-ring (bicyclic) bond motifs is 4. The molecule has 13 heteroatoms. The number of ether oxygens (including phenoxy) is 1. The summed E-state index contributed by atoms with van der Waals surface area (Å²) in [5, 5.41) is 22.1. The van der Waals surface area contributed by atoms with Crippen LogP contribution in [0.25, 0.3) is 0 Å². The SMILES string of the molecule is COc1cccc(O)c1[C@H]1C2=CC[C@@H]3C(=O)N(c4ccc([N+](=O)[O-])cc4)C(=O)[C@@H]3[C@@H]2C[C@@]2(Cl)C(=O)N(C)C(=O)[C@@]12Cl. The smallest absolute Gasteiger partial charge is 0.269 e. The summed E-state index contributed by atoms with van der Waals surface area (Å²) in [4.78, 5) is 63.1. The molecule has 0 spiro atoms. The first-order valence-electron chi connectivity index (χ1n) is 12.8. The maximum atomic E-state index is 14.0. The topological polar surface area (TPSA) is 147 Å². The molecule has 0 aromatic heterocycles. The van der Waals surface area contributed by atoms with Gasteiger partial charge in [-0.05, 0) is 43.0 Å². The molecule has 2 aliphatic heterocycles. The van der Waals surface area contributed by atoms with Crippen LogP contribution in [-0.2, 0) is 19.2 Å². The second-order valence-corrected chi connectivity index (χ2v) is 11.9. The van der Waals surface area contributed by atoms with Crippen LogP contribution in [0.2, 0.25) is 0 Å². The summed E-state index contributed by atoms with van der Waals surface area (Å²) in [6.45, 7) is 0. The van der Waals surface area contributed by atoms with Gasteiger partial charge in [0.05, 0.1) is 29.6 Å². The van der Waals surface area contributed by atoms with E-state index in [1.165, 1.54) is 44.5 Å². The van der Waals surface area contributed by atoms with Gasteiger partial charge in [-0.2, -0.15) is 0 Å². The average Bonchev–Trinajstić information content (AvgIpc) is 3.28. The minimum Gasteiger partial charge on any atom is -0.508 e. The van der Waals surface area contributed by atoms with Gasteiger partial charge in [0.15, 0.2) is 9.75 Å². The monoisotopic (exact) mass is 599 g/mol. The Morgan fingerprint density at radius 1 is 1.02 bits per heavy atom. The van der Waals surface area contributed by atoms with Gasteiger partial charge in [-0.15, -0.1) is 23.2 Å². The van der Waals surface area contributed by atoms with E-state index in [-0.39, 0.29) is 41.3 Å². The number of halogens is 2. The van der Waals surface area contributed by atoms with Crippen LogP contribution in [0.15, 0.2) is 54.1 Å². The number of phenols is 1. The zero-order chi connectivity index (χ0) is 29.6. The molecule has 41 heavy (non-hydrogen) atoms. The Morgan fingerprint density at radius 2 is 1.71 bits per heavy atom. The number of benzene rings is 2. The number of nitrogens with zero attached hydrogens (tertiary/aromatic N) is 3. The first-order valence-corrected chi connectivity index (χ1v) is 13.5. The van der Waals surface area contributed by atoms with Gasteiger partial charge in [-0.25, -0.2) is 0 Å². The summed E-state index contributed by atoms with van der Waals surface area (Å²) >= 11 is 14.3. The number of nitro groups is 1. The van der Waals surface area contributed by atoms with E-state index in [0.29, 0.717) is 5.57 Å². The van der Waals surface area contributed by atoms with Crippen molar-refractivity contribution in [1.29, 1.82) is 0 Å². The van der Waals surface area contributed by atoms with Gasteiger partial charge in [0.1, 0.15) is 11.5 Å². The summed E-state index contributed by atoms with van der Waals surface area (Å²) in [5.74, 6) is -6.31. The van der Waals surface area contributed by atoms with Crippen molar-refractivity contribution in [2.75, 3.05) is 19.1 Å². The number of alkyl halides is 2.